The molecule has 0 saturated heterocycles. The van der Waals surface area contributed by atoms with E-state index >= 15 is 0 Å². The van der Waals surface area contributed by atoms with Crippen molar-refractivity contribution in [3.8, 4) is 17.1 Å². The van der Waals surface area contributed by atoms with Gasteiger partial charge < -0.3 is 18.9 Å². The number of hydrogen-bond acceptors (Lipinski definition) is 4. The van der Waals surface area contributed by atoms with Crippen LogP contribution >= 0.6 is 0 Å². The van der Waals surface area contributed by atoms with Crippen LogP contribution in [0.1, 0.15) is 64.9 Å². The van der Waals surface area contributed by atoms with E-state index in [2.05, 4.69) is 51.9 Å². The number of hydrogen-bond donors (Lipinski definition) is 1. The Morgan fingerprint density at radius 1 is 0.886 bits per heavy atom. The normalized spacial score (nSPS) is 11.8. The topological polar surface area (TPSA) is 53.7 Å². The SMILES string of the molecule is CCCCN(CCCC)c1ccc(-c2oc3ccc(C[N+](C)(C)CCCC)cc3c(=O)c2O)cc1. The summed E-state index contributed by atoms with van der Waals surface area (Å²) in [6.45, 7) is 10.6. The van der Waals surface area contributed by atoms with E-state index in [-0.39, 0.29) is 16.9 Å². The molecule has 0 amide bonds. The van der Waals surface area contributed by atoms with Crippen LogP contribution in [0, 0.1) is 0 Å². The van der Waals surface area contributed by atoms with Crippen molar-refractivity contribution in [1.82, 2.24) is 0 Å². The smallest absolute Gasteiger partial charge is 0.235 e. The Bertz CT molecular complexity index is 1140. The maximum atomic E-state index is 13.1. The van der Waals surface area contributed by atoms with Gasteiger partial charge in [0.2, 0.25) is 11.2 Å². The lowest BCUT2D eigenvalue weighted by molar-refractivity contribution is -0.903. The van der Waals surface area contributed by atoms with Crippen LogP contribution in [0.4, 0.5) is 5.69 Å². The highest BCUT2D eigenvalue weighted by atomic mass is 16.4. The van der Waals surface area contributed by atoms with Crippen LogP contribution < -0.4 is 10.3 Å². The molecule has 0 aliphatic carbocycles. The molecule has 190 valence electrons. The van der Waals surface area contributed by atoms with Crippen molar-refractivity contribution >= 4 is 16.7 Å². The van der Waals surface area contributed by atoms with Crippen molar-refractivity contribution in [1.29, 1.82) is 0 Å². The Balaban J connectivity index is 1.89. The zero-order chi connectivity index (χ0) is 25.4. The molecule has 1 aromatic heterocycles. The fraction of sp³-hybridized carbons (Fsp3) is 0.500. The number of aromatic hydroxyl groups is 1. The molecule has 0 bridgehead atoms. The van der Waals surface area contributed by atoms with Crippen LogP contribution in [0.3, 0.4) is 0 Å². The third-order valence-electron chi connectivity index (χ3n) is 6.72. The Hall–Kier alpha value is -2.79. The Morgan fingerprint density at radius 3 is 2.11 bits per heavy atom. The summed E-state index contributed by atoms with van der Waals surface area (Å²) in [4.78, 5) is 15.5. The summed E-state index contributed by atoms with van der Waals surface area (Å²) >= 11 is 0. The Kier molecular flexibility index (Phi) is 9.39. The predicted molar refractivity (Wildman–Crippen MR) is 147 cm³/mol. The molecule has 2 aromatic carbocycles. The number of anilines is 1. The first-order valence-corrected chi connectivity index (χ1v) is 13.3. The van der Waals surface area contributed by atoms with Gasteiger partial charge >= 0.3 is 0 Å². The molecule has 3 aromatic rings. The third kappa shape index (κ3) is 6.88. The minimum Gasteiger partial charge on any atom is -0.502 e. The summed E-state index contributed by atoms with van der Waals surface area (Å²) in [7, 11) is 4.41. The van der Waals surface area contributed by atoms with Crippen LogP contribution in [0.25, 0.3) is 22.3 Å². The highest BCUT2D eigenvalue weighted by molar-refractivity contribution is 5.82. The number of nitrogens with zero attached hydrogens (tertiary/aromatic N) is 2. The molecule has 3 rings (SSSR count). The molecular weight excluding hydrogens is 436 g/mol. The van der Waals surface area contributed by atoms with Crippen LogP contribution in [0.15, 0.2) is 51.7 Å². The van der Waals surface area contributed by atoms with Crippen molar-refractivity contribution in [2.45, 2.75) is 65.8 Å². The Labute approximate surface area is 210 Å². The lowest BCUT2D eigenvalue weighted by atomic mass is 10.1. The van der Waals surface area contributed by atoms with E-state index in [4.69, 9.17) is 4.42 Å². The van der Waals surface area contributed by atoms with Crippen molar-refractivity contribution < 1.29 is 14.0 Å². The van der Waals surface area contributed by atoms with Crippen LogP contribution in [0.2, 0.25) is 0 Å². The summed E-state index contributed by atoms with van der Waals surface area (Å²) in [5, 5.41) is 11.2. The van der Waals surface area contributed by atoms with Crippen molar-refractivity contribution in [2.24, 2.45) is 0 Å². The second kappa shape index (κ2) is 12.3. The van der Waals surface area contributed by atoms with Crippen LogP contribution in [-0.4, -0.2) is 43.3 Å². The van der Waals surface area contributed by atoms with Gasteiger partial charge in [-0.3, -0.25) is 4.79 Å². The van der Waals surface area contributed by atoms with Crippen LogP contribution in [-0.2, 0) is 6.54 Å². The summed E-state index contributed by atoms with van der Waals surface area (Å²) in [5.41, 5.74) is 3.06. The van der Waals surface area contributed by atoms with Gasteiger partial charge in [-0.25, -0.2) is 0 Å². The van der Waals surface area contributed by atoms with Gasteiger partial charge in [0.15, 0.2) is 5.76 Å². The third-order valence-corrected chi connectivity index (χ3v) is 6.72. The molecule has 35 heavy (non-hydrogen) atoms. The summed E-state index contributed by atoms with van der Waals surface area (Å²) in [5.74, 6) is -0.0921. The monoisotopic (exact) mass is 479 g/mol. The van der Waals surface area contributed by atoms with Gasteiger partial charge in [0, 0.05) is 29.9 Å². The maximum absolute atomic E-state index is 13.1. The molecule has 1 heterocycles. The zero-order valence-corrected chi connectivity index (χ0v) is 22.3. The molecule has 0 aliphatic rings. The van der Waals surface area contributed by atoms with E-state index < -0.39 is 0 Å². The molecule has 1 N–H and O–H groups in total. The average molecular weight is 480 g/mol. The second-order valence-electron chi connectivity index (χ2n) is 10.4. The number of quaternary nitrogens is 1. The van der Waals surface area contributed by atoms with Gasteiger partial charge in [0.05, 0.1) is 26.0 Å². The van der Waals surface area contributed by atoms with Gasteiger partial charge in [-0.05, 0) is 61.7 Å². The van der Waals surface area contributed by atoms with E-state index in [9.17, 15) is 9.90 Å². The quantitative estimate of drug-likeness (QED) is 0.270. The first kappa shape index (κ1) is 26.8. The molecule has 0 radical (unpaired) electrons. The molecule has 0 spiro atoms. The van der Waals surface area contributed by atoms with E-state index in [1.807, 2.05) is 30.3 Å². The van der Waals surface area contributed by atoms with Crippen LogP contribution in [0.5, 0.6) is 5.75 Å². The van der Waals surface area contributed by atoms with Crippen molar-refractivity contribution in [3.05, 3.63) is 58.3 Å². The fourth-order valence-corrected chi connectivity index (χ4v) is 4.58. The minimum atomic E-state index is -0.376. The Morgan fingerprint density at radius 2 is 1.51 bits per heavy atom. The molecule has 5 heteroatoms. The molecule has 5 nitrogen and oxygen atoms in total. The van der Waals surface area contributed by atoms with Gasteiger partial charge in [-0.2, -0.15) is 0 Å². The average Bonchev–Trinajstić information content (AvgIpc) is 2.85. The predicted octanol–water partition coefficient (Wildman–Crippen LogP) is 6.95. The van der Waals surface area contributed by atoms with Gasteiger partial charge in [-0.1, -0.05) is 40.0 Å². The van der Waals surface area contributed by atoms with E-state index in [0.29, 0.717) is 16.5 Å². The van der Waals surface area contributed by atoms with Crippen molar-refractivity contribution in [3.63, 3.8) is 0 Å². The molecule has 0 fully saturated rings. The molecule has 0 saturated carbocycles. The summed E-state index contributed by atoms with van der Waals surface area (Å²) < 4.78 is 6.93. The molecule has 0 unspecified atom stereocenters. The highest BCUT2D eigenvalue weighted by Crippen LogP contribution is 2.32. The highest BCUT2D eigenvalue weighted by Gasteiger charge is 2.19. The standard InChI is InChI=1S/C30H42N2O3/c1-6-9-18-31(19-10-7-2)25-15-13-24(14-16-25)30-29(34)28(33)26-21-23(12-17-27(26)35-30)22-32(4,5)20-11-8-3/h12-17,21H,6-11,18-20,22H2,1-5H3/p+1. The van der Waals surface area contributed by atoms with Gasteiger partial charge in [0.25, 0.3) is 0 Å². The molecule has 0 aliphatic heterocycles. The maximum Gasteiger partial charge on any atom is 0.235 e. The lowest BCUT2D eigenvalue weighted by Crippen LogP contribution is -2.39. The van der Waals surface area contributed by atoms with Gasteiger partial charge in [-0.15, -0.1) is 0 Å². The number of rotatable bonds is 13. The molecular formula is C30H43N2O3+. The fourth-order valence-electron chi connectivity index (χ4n) is 4.58. The lowest BCUT2D eigenvalue weighted by Gasteiger charge is -2.29. The van der Waals surface area contributed by atoms with Gasteiger partial charge in [0.1, 0.15) is 12.1 Å². The van der Waals surface area contributed by atoms with E-state index in [1.54, 1.807) is 0 Å². The molecule has 0 atom stereocenters. The summed E-state index contributed by atoms with van der Waals surface area (Å²) in [6.07, 6.45) is 6.96. The van der Waals surface area contributed by atoms with Crippen molar-refractivity contribution in [2.75, 3.05) is 38.6 Å². The zero-order valence-electron chi connectivity index (χ0n) is 22.3. The summed E-state index contributed by atoms with van der Waals surface area (Å²) in [6, 6.07) is 13.8. The minimum absolute atomic E-state index is 0.231. The first-order chi connectivity index (χ1) is 16.8. The first-order valence-electron chi connectivity index (χ1n) is 13.3. The second-order valence-corrected chi connectivity index (χ2v) is 10.4. The number of unbranched alkanes of at least 4 members (excludes halogenated alkanes) is 3. The number of benzene rings is 2. The van der Waals surface area contributed by atoms with E-state index in [1.165, 1.54) is 6.42 Å². The van der Waals surface area contributed by atoms with E-state index in [0.717, 1.165) is 74.0 Å². The number of fused-ring (bicyclic) bond motifs is 1. The largest absolute Gasteiger partial charge is 0.502 e.